The van der Waals surface area contributed by atoms with E-state index in [9.17, 15) is 13.6 Å². The minimum absolute atomic E-state index is 0.178. The van der Waals surface area contributed by atoms with Crippen LogP contribution >= 0.6 is 11.8 Å². The molecule has 1 aromatic carbocycles. The Labute approximate surface area is 194 Å². The van der Waals surface area contributed by atoms with Gasteiger partial charge in [0.1, 0.15) is 23.1 Å². The average Bonchev–Trinajstić information content (AvgIpc) is 3.46. The minimum atomic E-state index is -0.474. The van der Waals surface area contributed by atoms with Gasteiger partial charge in [0, 0.05) is 55.8 Å². The summed E-state index contributed by atoms with van der Waals surface area (Å²) in [6.07, 6.45) is 4.72. The molecule has 0 unspecified atom stereocenters. The molecule has 33 heavy (non-hydrogen) atoms. The summed E-state index contributed by atoms with van der Waals surface area (Å²) >= 11 is 6.46. The number of piperazine rings is 1. The van der Waals surface area contributed by atoms with Crippen LogP contribution in [-0.2, 0) is 0 Å². The molecular formula is C22H24ClF2N7O. The number of halogens is 3. The van der Waals surface area contributed by atoms with E-state index in [1.165, 1.54) is 16.8 Å². The second-order valence-corrected chi connectivity index (χ2v) is 8.80. The molecule has 0 saturated carbocycles. The third kappa shape index (κ3) is 4.08. The zero-order valence-corrected chi connectivity index (χ0v) is 18.8. The van der Waals surface area contributed by atoms with Crippen molar-refractivity contribution in [2.45, 2.75) is 31.8 Å². The molecule has 2 amide bonds. The summed E-state index contributed by atoms with van der Waals surface area (Å²) in [7, 11) is 0. The molecule has 0 aliphatic carbocycles. The van der Waals surface area contributed by atoms with Gasteiger partial charge >= 0.3 is 6.03 Å². The van der Waals surface area contributed by atoms with Crippen LogP contribution in [0.5, 0.6) is 0 Å². The molecule has 11 heteroatoms. The topological polar surface area (TPSA) is 69.0 Å². The van der Waals surface area contributed by atoms with Gasteiger partial charge in [-0.25, -0.2) is 23.1 Å². The van der Waals surface area contributed by atoms with Crippen molar-refractivity contribution in [3.05, 3.63) is 53.9 Å². The number of hydrogen-bond donors (Lipinski definition) is 1. The lowest BCUT2D eigenvalue weighted by Crippen LogP contribution is -2.53. The van der Waals surface area contributed by atoms with E-state index in [0.29, 0.717) is 55.3 Å². The number of fused-ring (bicyclic) bond motifs is 1. The number of carbonyl (C=O) groups excluding carboxylic acids is 1. The fourth-order valence-corrected chi connectivity index (χ4v) is 4.84. The fraction of sp³-hybridized carbons (Fsp3) is 0.409. The predicted octanol–water partition coefficient (Wildman–Crippen LogP) is 3.72. The molecule has 1 N–H and O–H groups in total. The quantitative estimate of drug-likeness (QED) is 0.585. The summed E-state index contributed by atoms with van der Waals surface area (Å²) in [6.45, 7) is 4.46. The molecule has 174 valence electrons. The number of anilines is 2. The highest BCUT2D eigenvalue weighted by Gasteiger charge is 2.31. The summed E-state index contributed by atoms with van der Waals surface area (Å²) in [6, 6.07) is 4.79. The van der Waals surface area contributed by atoms with Crippen molar-refractivity contribution in [1.82, 2.24) is 24.8 Å². The number of amides is 2. The maximum absolute atomic E-state index is 14.5. The van der Waals surface area contributed by atoms with Crippen molar-refractivity contribution < 1.29 is 13.6 Å². The monoisotopic (exact) mass is 475 g/mol. The first-order valence-electron chi connectivity index (χ1n) is 11.0. The third-order valence-electron chi connectivity index (χ3n) is 6.22. The molecule has 3 aromatic rings. The zero-order valence-electron chi connectivity index (χ0n) is 18.1. The minimum Gasteiger partial charge on any atom is -0.349 e. The molecule has 5 rings (SSSR count). The van der Waals surface area contributed by atoms with E-state index in [2.05, 4.69) is 10.4 Å². The Bertz CT molecular complexity index is 1190. The Morgan fingerprint density at radius 1 is 1.27 bits per heavy atom. The van der Waals surface area contributed by atoms with E-state index in [1.54, 1.807) is 17.2 Å². The molecule has 2 aromatic heterocycles. The van der Waals surface area contributed by atoms with E-state index in [4.69, 9.17) is 16.8 Å². The van der Waals surface area contributed by atoms with E-state index in [1.807, 2.05) is 11.8 Å². The number of rotatable bonds is 3. The van der Waals surface area contributed by atoms with Gasteiger partial charge in [-0.1, -0.05) is 0 Å². The van der Waals surface area contributed by atoms with Gasteiger partial charge in [-0.3, -0.25) is 0 Å². The van der Waals surface area contributed by atoms with Crippen LogP contribution in [0.1, 0.15) is 31.4 Å². The summed E-state index contributed by atoms with van der Waals surface area (Å²) in [4.78, 5) is 21.3. The predicted molar refractivity (Wildman–Crippen MR) is 121 cm³/mol. The molecule has 4 heterocycles. The second kappa shape index (κ2) is 8.75. The van der Waals surface area contributed by atoms with Crippen LogP contribution in [0.25, 0.3) is 5.65 Å². The van der Waals surface area contributed by atoms with Gasteiger partial charge in [0.2, 0.25) is 0 Å². The van der Waals surface area contributed by atoms with Gasteiger partial charge in [-0.2, -0.15) is 9.52 Å². The van der Waals surface area contributed by atoms with Crippen molar-refractivity contribution in [3.63, 3.8) is 0 Å². The molecule has 0 radical (unpaired) electrons. The van der Waals surface area contributed by atoms with E-state index in [0.717, 1.165) is 23.0 Å². The van der Waals surface area contributed by atoms with Crippen molar-refractivity contribution >= 4 is 35.0 Å². The molecule has 2 fully saturated rings. The normalized spacial score (nSPS) is 21.1. The van der Waals surface area contributed by atoms with Crippen molar-refractivity contribution in [1.29, 1.82) is 0 Å². The zero-order chi connectivity index (χ0) is 23.1. The lowest BCUT2D eigenvalue weighted by atomic mass is 10.0. The largest absolute Gasteiger partial charge is 0.349 e. The second-order valence-electron chi connectivity index (χ2n) is 8.47. The maximum atomic E-state index is 14.5. The first-order valence-corrected chi connectivity index (χ1v) is 11.3. The molecule has 0 spiro atoms. The number of nitrogens with one attached hydrogen (secondary N) is 1. The van der Waals surface area contributed by atoms with Gasteiger partial charge in [0.15, 0.2) is 5.65 Å². The van der Waals surface area contributed by atoms with Crippen LogP contribution in [0, 0.1) is 11.6 Å². The molecule has 2 atom stereocenters. The van der Waals surface area contributed by atoms with Crippen LogP contribution in [0.15, 0.2) is 36.7 Å². The molecule has 2 aliphatic heterocycles. The number of aromatic nitrogens is 3. The molecular weight excluding hydrogens is 452 g/mol. The summed E-state index contributed by atoms with van der Waals surface area (Å²) in [5.41, 5.74) is 1.08. The third-order valence-corrected chi connectivity index (χ3v) is 6.55. The van der Waals surface area contributed by atoms with E-state index < -0.39 is 11.6 Å². The number of nitrogens with zero attached hydrogens (tertiary/aromatic N) is 6. The number of carbonyl (C=O) groups is 1. The van der Waals surface area contributed by atoms with Crippen LogP contribution in [0.4, 0.5) is 25.1 Å². The Morgan fingerprint density at radius 3 is 2.94 bits per heavy atom. The van der Waals surface area contributed by atoms with Crippen molar-refractivity contribution in [2.24, 2.45) is 0 Å². The summed E-state index contributed by atoms with van der Waals surface area (Å²) in [5, 5.41) is 7.56. The highest BCUT2D eigenvalue weighted by atomic mass is 35.5. The summed E-state index contributed by atoms with van der Waals surface area (Å²) < 4.78 is 30.9. The lowest BCUT2D eigenvalue weighted by Gasteiger charge is -2.33. The highest BCUT2D eigenvalue weighted by Crippen LogP contribution is 2.37. The van der Waals surface area contributed by atoms with Crippen molar-refractivity contribution in [3.8, 4) is 0 Å². The first-order chi connectivity index (χ1) is 15.9. The van der Waals surface area contributed by atoms with Gasteiger partial charge < -0.3 is 15.1 Å². The van der Waals surface area contributed by atoms with Crippen LogP contribution < -0.4 is 14.6 Å². The molecule has 8 nitrogen and oxygen atoms in total. The smallest absolute Gasteiger partial charge is 0.339 e. The Kier molecular flexibility index (Phi) is 5.79. The highest BCUT2D eigenvalue weighted by molar-refractivity contribution is 6.37. The van der Waals surface area contributed by atoms with Gasteiger partial charge in [0.05, 0.1) is 12.2 Å². The van der Waals surface area contributed by atoms with Crippen molar-refractivity contribution in [2.75, 3.05) is 35.5 Å². The average molecular weight is 476 g/mol. The van der Waals surface area contributed by atoms with E-state index in [-0.39, 0.29) is 18.1 Å². The van der Waals surface area contributed by atoms with E-state index >= 15 is 0 Å². The maximum Gasteiger partial charge on any atom is 0.339 e. The van der Waals surface area contributed by atoms with Crippen LogP contribution in [0.3, 0.4) is 0 Å². The number of hydrogen-bond acceptors (Lipinski definition) is 5. The molecule has 0 bridgehead atoms. The Balaban J connectivity index is 1.45. The summed E-state index contributed by atoms with van der Waals surface area (Å²) in [5.74, 6) is -0.329. The first kappa shape index (κ1) is 21.8. The van der Waals surface area contributed by atoms with Gasteiger partial charge in [0.25, 0.3) is 0 Å². The number of urea groups is 1. The SMILES string of the molecule is C[C@H]1CN(C(=O)N(Cl)c2cnn3ccc(N4CCC[C@@H]4c4cc(F)ccc4F)nc23)CCN1. The fourth-order valence-electron chi connectivity index (χ4n) is 4.61. The van der Waals surface area contributed by atoms with Gasteiger partial charge in [-0.15, -0.1) is 0 Å². The molecule has 2 aliphatic rings. The molecule has 2 saturated heterocycles. The standard InChI is InChI=1S/C22H24ClF2N7O/c1-14-13-29(10-7-26-14)22(33)32(23)19-12-27-31-9-6-20(28-21(19)31)30-8-2-3-18(30)16-11-15(24)4-5-17(16)25/h4-6,9,11-12,14,18,26H,2-3,7-8,10,13H2,1H3/t14-,18+/m0/s1. The lowest BCUT2D eigenvalue weighted by molar-refractivity contribution is 0.189. The Hall–Kier alpha value is -2.98. The van der Waals surface area contributed by atoms with Crippen LogP contribution in [0.2, 0.25) is 0 Å². The Morgan fingerprint density at radius 2 is 2.12 bits per heavy atom. The van der Waals surface area contributed by atoms with Crippen LogP contribution in [-0.4, -0.2) is 57.7 Å². The number of benzene rings is 1. The van der Waals surface area contributed by atoms with Gasteiger partial charge in [-0.05, 0) is 44.0 Å².